The van der Waals surface area contributed by atoms with Crippen LogP contribution in [0.2, 0.25) is 5.15 Å². The number of imidazole rings is 1. The van der Waals surface area contributed by atoms with Gasteiger partial charge in [-0.05, 0) is 44.4 Å². The molecule has 0 aliphatic carbocycles. The van der Waals surface area contributed by atoms with Gasteiger partial charge in [0.1, 0.15) is 5.82 Å². The van der Waals surface area contributed by atoms with Crippen LogP contribution in [0.3, 0.4) is 0 Å². The Morgan fingerprint density at radius 3 is 2.32 bits per heavy atom. The monoisotopic (exact) mass is 503 g/mol. The van der Waals surface area contributed by atoms with E-state index in [-0.39, 0.29) is 22.3 Å². The molecule has 0 atom stereocenters. The molecule has 1 aromatic heterocycles. The number of unbranched alkanes of at least 4 members (excludes halogenated alkanes) is 1. The third-order valence-corrected chi connectivity index (χ3v) is 7.29. The van der Waals surface area contributed by atoms with Crippen LogP contribution in [0.25, 0.3) is 11.1 Å². The maximum Gasteiger partial charge on any atom is 0.355 e. The number of carboxylic acid groups (broad SMARTS) is 1. The maximum atomic E-state index is 13.2. The molecule has 3 aromatic rings. The first-order chi connectivity index (χ1) is 15.9. The van der Waals surface area contributed by atoms with Gasteiger partial charge in [-0.2, -0.15) is 0 Å². The number of aromatic carboxylic acids is 1. The average Bonchev–Trinajstić information content (AvgIpc) is 3.06. The van der Waals surface area contributed by atoms with E-state index in [2.05, 4.69) is 9.71 Å². The second kappa shape index (κ2) is 10.3. The van der Waals surface area contributed by atoms with Crippen molar-refractivity contribution in [2.24, 2.45) is 0 Å². The van der Waals surface area contributed by atoms with E-state index in [1.807, 2.05) is 31.2 Å². The van der Waals surface area contributed by atoms with Crippen molar-refractivity contribution in [1.29, 1.82) is 0 Å². The molecule has 182 valence electrons. The van der Waals surface area contributed by atoms with Crippen molar-refractivity contribution in [1.82, 2.24) is 14.3 Å². The Morgan fingerprint density at radius 1 is 1.09 bits per heavy atom. The number of aromatic nitrogens is 2. The second-order valence-electron chi connectivity index (χ2n) is 9.17. The first-order valence-electron chi connectivity index (χ1n) is 11.1. The molecule has 9 heteroatoms. The zero-order chi connectivity index (χ0) is 25.1. The highest BCUT2D eigenvalue weighted by Gasteiger charge is 2.26. The molecule has 0 amide bonds. The smallest absolute Gasteiger partial charge is 0.355 e. The Kier molecular flexibility index (Phi) is 7.85. The lowest BCUT2D eigenvalue weighted by Gasteiger charge is -2.22. The predicted octanol–water partition coefficient (Wildman–Crippen LogP) is 5.37. The minimum Gasteiger partial charge on any atom is -0.476 e. The van der Waals surface area contributed by atoms with Crippen molar-refractivity contribution in [3.05, 3.63) is 70.8 Å². The van der Waals surface area contributed by atoms with Crippen LogP contribution in [0.15, 0.2) is 53.4 Å². The Bertz CT molecular complexity index is 1290. The molecule has 7 nitrogen and oxygen atoms in total. The Hall–Kier alpha value is -2.68. The van der Waals surface area contributed by atoms with Crippen LogP contribution in [0.5, 0.6) is 0 Å². The Balaban J connectivity index is 2.14. The summed E-state index contributed by atoms with van der Waals surface area (Å²) in [5.41, 5.74) is 1.27. The first kappa shape index (κ1) is 25.9. The van der Waals surface area contributed by atoms with Crippen molar-refractivity contribution in [3.63, 3.8) is 0 Å². The summed E-state index contributed by atoms with van der Waals surface area (Å²) >= 11 is 6.19. The van der Waals surface area contributed by atoms with E-state index in [0.29, 0.717) is 23.4 Å². The van der Waals surface area contributed by atoms with Gasteiger partial charge in [0.15, 0.2) is 10.8 Å². The molecule has 0 spiro atoms. The number of halogens is 1. The lowest BCUT2D eigenvalue weighted by Crippen LogP contribution is -2.40. The number of hydrogen-bond donors (Lipinski definition) is 2. The number of nitrogens with zero attached hydrogens (tertiary/aromatic N) is 2. The normalized spacial score (nSPS) is 12.1. The van der Waals surface area contributed by atoms with Gasteiger partial charge in [0.25, 0.3) is 0 Å². The number of benzene rings is 2. The van der Waals surface area contributed by atoms with Gasteiger partial charge in [-0.3, -0.25) is 0 Å². The van der Waals surface area contributed by atoms with Crippen LogP contribution in [0.4, 0.5) is 0 Å². The molecule has 0 unspecified atom stereocenters. The molecule has 0 saturated heterocycles. The zero-order valence-electron chi connectivity index (χ0n) is 19.8. The molecule has 1 heterocycles. The van der Waals surface area contributed by atoms with E-state index in [9.17, 15) is 18.3 Å². The van der Waals surface area contributed by atoms with Gasteiger partial charge in [-0.25, -0.2) is 22.9 Å². The van der Waals surface area contributed by atoms with Crippen molar-refractivity contribution in [3.8, 4) is 11.1 Å². The molecule has 0 radical (unpaired) electrons. The van der Waals surface area contributed by atoms with Crippen LogP contribution in [-0.2, 0) is 23.0 Å². The van der Waals surface area contributed by atoms with Crippen molar-refractivity contribution >= 4 is 27.6 Å². The van der Waals surface area contributed by atoms with E-state index in [0.717, 1.165) is 18.4 Å². The standard InChI is InChI=1S/C25H30ClN3O4S/c1-5-6-15-21-27-23(26)22(24(30)31)29(21)16-17-11-7-8-12-18(17)19-13-9-10-14-20(19)34(32,33)28-25(2,3)4/h7-14,28H,5-6,15-16H2,1-4H3,(H,30,31). The second-order valence-corrected chi connectivity index (χ2v) is 11.2. The van der Waals surface area contributed by atoms with Gasteiger partial charge >= 0.3 is 5.97 Å². The molecule has 0 aliphatic rings. The van der Waals surface area contributed by atoms with Gasteiger partial charge < -0.3 is 9.67 Å². The fourth-order valence-electron chi connectivity index (χ4n) is 3.84. The third-order valence-electron chi connectivity index (χ3n) is 5.21. The molecule has 34 heavy (non-hydrogen) atoms. The summed E-state index contributed by atoms with van der Waals surface area (Å²) in [5, 5.41) is 9.73. The summed E-state index contributed by atoms with van der Waals surface area (Å²) in [7, 11) is -3.81. The van der Waals surface area contributed by atoms with E-state index >= 15 is 0 Å². The number of nitrogens with one attached hydrogen (secondary N) is 1. The van der Waals surface area contributed by atoms with Crippen molar-refractivity contribution < 1.29 is 18.3 Å². The highest BCUT2D eigenvalue weighted by molar-refractivity contribution is 7.89. The van der Waals surface area contributed by atoms with Crippen molar-refractivity contribution in [2.75, 3.05) is 0 Å². The molecule has 3 rings (SSSR count). The number of rotatable bonds is 9. The van der Waals surface area contributed by atoms with E-state index < -0.39 is 21.5 Å². The van der Waals surface area contributed by atoms with Crippen LogP contribution >= 0.6 is 11.6 Å². The number of carbonyl (C=O) groups is 1. The summed E-state index contributed by atoms with van der Waals surface area (Å²) in [6.45, 7) is 7.60. The van der Waals surface area contributed by atoms with Gasteiger partial charge in [-0.15, -0.1) is 0 Å². The fraction of sp³-hybridized carbons (Fsp3) is 0.360. The summed E-state index contributed by atoms with van der Waals surface area (Å²) in [6, 6.07) is 14.2. The van der Waals surface area contributed by atoms with Gasteiger partial charge in [0, 0.05) is 17.5 Å². The molecule has 0 aliphatic heterocycles. The molecular formula is C25H30ClN3O4S. The number of aryl methyl sites for hydroxylation is 1. The first-order valence-corrected chi connectivity index (χ1v) is 13.0. The van der Waals surface area contributed by atoms with Gasteiger partial charge in [0.2, 0.25) is 10.0 Å². The van der Waals surface area contributed by atoms with Crippen LogP contribution < -0.4 is 4.72 Å². The number of hydrogen-bond acceptors (Lipinski definition) is 4. The predicted molar refractivity (Wildman–Crippen MR) is 134 cm³/mol. The summed E-state index contributed by atoms with van der Waals surface area (Å²) in [6.07, 6.45) is 2.36. The molecule has 0 bridgehead atoms. The lowest BCUT2D eigenvalue weighted by atomic mass is 9.99. The van der Waals surface area contributed by atoms with Gasteiger partial charge in [-0.1, -0.05) is 67.4 Å². The average molecular weight is 504 g/mol. The van der Waals surface area contributed by atoms with Gasteiger partial charge in [0.05, 0.1) is 11.4 Å². The largest absolute Gasteiger partial charge is 0.476 e. The molecule has 0 saturated carbocycles. The SMILES string of the molecule is CCCCc1nc(Cl)c(C(=O)O)n1Cc1ccccc1-c1ccccc1S(=O)(=O)NC(C)(C)C. The minimum atomic E-state index is -3.81. The topological polar surface area (TPSA) is 101 Å². The lowest BCUT2D eigenvalue weighted by molar-refractivity contribution is 0.0685. The highest BCUT2D eigenvalue weighted by Crippen LogP contribution is 2.32. The minimum absolute atomic E-state index is 0.0477. The fourth-order valence-corrected chi connectivity index (χ4v) is 5.76. The Morgan fingerprint density at radius 2 is 1.71 bits per heavy atom. The number of sulfonamides is 1. The molecule has 2 aromatic carbocycles. The highest BCUT2D eigenvalue weighted by atomic mass is 35.5. The maximum absolute atomic E-state index is 13.2. The number of carboxylic acids is 1. The quantitative estimate of drug-likeness (QED) is 0.408. The van der Waals surface area contributed by atoms with Crippen LogP contribution in [0.1, 0.15) is 62.4 Å². The molecular weight excluding hydrogens is 474 g/mol. The Labute approximate surface area is 205 Å². The van der Waals surface area contributed by atoms with E-state index in [4.69, 9.17) is 11.6 Å². The summed E-state index contributed by atoms with van der Waals surface area (Å²) in [4.78, 5) is 16.4. The summed E-state index contributed by atoms with van der Waals surface area (Å²) in [5.74, 6) is -0.565. The zero-order valence-corrected chi connectivity index (χ0v) is 21.4. The summed E-state index contributed by atoms with van der Waals surface area (Å²) < 4.78 is 30.7. The molecule has 2 N–H and O–H groups in total. The van der Waals surface area contributed by atoms with E-state index in [1.54, 1.807) is 49.6 Å². The van der Waals surface area contributed by atoms with E-state index in [1.165, 1.54) is 0 Å². The van der Waals surface area contributed by atoms with Crippen LogP contribution in [-0.4, -0.2) is 34.6 Å². The van der Waals surface area contributed by atoms with Crippen molar-refractivity contribution in [2.45, 2.75) is 63.9 Å². The third kappa shape index (κ3) is 5.87. The molecule has 0 fully saturated rings. The van der Waals surface area contributed by atoms with Crippen LogP contribution in [0, 0.1) is 0 Å².